The summed E-state index contributed by atoms with van der Waals surface area (Å²) in [5.74, 6) is 1.98. The van der Waals surface area contributed by atoms with Gasteiger partial charge in [-0.05, 0) is 22.4 Å². The van der Waals surface area contributed by atoms with Crippen LogP contribution < -0.4 is 4.72 Å². The number of terminal acetylenes is 1. The van der Waals surface area contributed by atoms with Gasteiger partial charge in [0.2, 0.25) is 10.0 Å². The highest BCUT2D eigenvalue weighted by atomic mass is 32.2. The molecule has 1 atom stereocenters. The lowest BCUT2D eigenvalue weighted by Gasteiger charge is -2.13. The average molecular weight is 283 g/mol. The van der Waals surface area contributed by atoms with E-state index in [0.717, 1.165) is 18.3 Å². The van der Waals surface area contributed by atoms with Crippen molar-refractivity contribution < 1.29 is 13.3 Å². The van der Waals surface area contributed by atoms with E-state index in [0.29, 0.717) is 6.42 Å². The molecule has 0 aliphatic carbocycles. The Morgan fingerprint density at radius 2 is 2.26 bits per heavy atom. The number of hydrogen-bond acceptors (Lipinski definition) is 5. The SMILES string of the molecule is C#CCC(CC)NS(=O)(=O)c1ccc([N+](=O)[O-])nc1. The van der Waals surface area contributed by atoms with Gasteiger partial charge in [0.05, 0.1) is 0 Å². The van der Waals surface area contributed by atoms with Crippen LogP contribution in [0, 0.1) is 22.5 Å². The zero-order valence-electron chi connectivity index (χ0n) is 10.2. The number of nitrogens with one attached hydrogen (secondary N) is 1. The predicted octanol–water partition coefficient (Wildman–Crippen LogP) is 1.07. The van der Waals surface area contributed by atoms with Gasteiger partial charge >= 0.3 is 5.82 Å². The van der Waals surface area contributed by atoms with Crippen molar-refractivity contribution in [3.05, 3.63) is 28.4 Å². The van der Waals surface area contributed by atoms with Gasteiger partial charge in [0.25, 0.3) is 0 Å². The van der Waals surface area contributed by atoms with Gasteiger partial charge in [0.15, 0.2) is 6.20 Å². The van der Waals surface area contributed by atoms with Gasteiger partial charge in [-0.15, -0.1) is 12.3 Å². The first-order valence-electron chi connectivity index (χ1n) is 5.47. The molecule has 0 saturated heterocycles. The summed E-state index contributed by atoms with van der Waals surface area (Å²) in [5, 5.41) is 10.4. The van der Waals surface area contributed by atoms with Gasteiger partial charge in [-0.1, -0.05) is 6.92 Å². The van der Waals surface area contributed by atoms with Crippen molar-refractivity contribution in [1.82, 2.24) is 9.71 Å². The molecule has 0 aliphatic rings. The van der Waals surface area contributed by atoms with Crippen LogP contribution in [0.25, 0.3) is 0 Å². The van der Waals surface area contributed by atoms with Crippen molar-refractivity contribution in [1.29, 1.82) is 0 Å². The molecule has 8 heteroatoms. The average Bonchev–Trinajstić information content (AvgIpc) is 2.38. The van der Waals surface area contributed by atoms with Crippen molar-refractivity contribution in [2.75, 3.05) is 0 Å². The third-order valence-electron chi connectivity index (χ3n) is 2.40. The Hall–Kier alpha value is -1.98. The first-order valence-corrected chi connectivity index (χ1v) is 6.95. The molecule has 0 spiro atoms. The normalized spacial score (nSPS) is 12.6. The van der Waals surface area contributed by atoms with E-state index in [4.69, 9.17) is 6.42 Å². The lowest BCUT2D eigenvalue weighted by atomic mass is 10.2. The zero-order chi connectivity index (χ0) is 14.5. The Morgan fingerprint density at radius 3 is 2.68 bits per heavy atom. The fourth-order valence-electron chi connectivity index (χ4n) is 1.34. The van der Waals surface area contributed by atoms with Crippen LogP contribution in [0.4, 0.5) is 5.82 Å². The highest BCUT2D eigenvalue weighted by Gasteiger charge is 2.21. The molecule has 1 N–H and O–H groups in total. The van der Waals surface area contributed by atoms with Gasteiger partial charge in [0.1, 0.15) is 4.90 Å². The molecular formula is C11H13N3O4S. The number of aromatic nitrogens is 1. The molecule has 102 valence electrons. The van der Waals surface area contributed by atoms with Crippen LogP contribution in [0.1, 0.15) is 19.8 Å². The standard InChI is InChI=1S/C11H13N3O4S/c1-3-5-9(4-2)13-19(17,18)10-6-7-11(12-8-10)14(15)16/h1,6-9,13H,4-5H2,2H3. The summed E-state index contributed by atoms with van der Waals surface area (Å²) in [6.07, 6.45) is 6.91. The number of hydrogen-bond donors (Lipinski definition) is 1. The van der Waals surface area contributed by atoms with Crippen molar-refractivity contribution >= 4 is 15.8 Å². The van der Waals surface area contributed by atoms with Crippen molar-refractivity contribution in [2.45, 2.75) is 30.7 Å². The van der Waals surface area contributed by atoms with Crippen molar-refractivity contribution in [3.63, 3.8) is 0 Å². The van der Waals surface area contributed by atoms with Gasteiger partial charge in [0, 0.05) is 18.5 Å². The molecule has 0 aliphatic heterocycles. The quantitative estimate of drug-likeness (QED) is 0.478. The lowest BCUT2D eigenvalue weighted by Crippen LogP contribution is -2.34. The van der Waals surface area contributed by atoms with Crippen LogP contribution in [-0.2, 0) is 10.0 Å². The topological polar surface area (TPSA) is 102 Å². The minimum Gasteiger partial charge on any atom is -0.358 e. The fraction of sp³-hybridized carbons (Fsp3) is 0.364. The molecule has 0 fully saturated rings. The Morgan fingerprint density at radius 1 is 1.58 bits per heavy atom. The largest absolute Gasteiger partial charge is 0.363 e. The molecule has 7 nitrogen and oxygen atoms in total. The van der Waals surface area contributed by atoms with Crippen LogP contribution in [0.3, 0.4) is 0 Å². The Balaban J connectivity index is 2.94. The third-order valence-corrected chi connectivity index (χ3v) is 3.90. The fourth-order valence-corrected chi connectivity index (χ4v) is 2.60. The van der Waals surface area contributed by atoms with E-state index in [9.17, 15) is 18.5 Å². The van der Waals surface area contributed by atoms with E-state index in [-0.39, 0.29) is 17.4 Å². The minimum absolute atomic E-state index is 0.131. The molecule has 0 bridgehead atoms. The summed E-state index contributed by atoms with van der Waals surface area (Å²) in [7, 11) is -3.77. The molecule has 19 heavy (non-hydrogen) atoms. The monoisotopic (exact) mass is 283 g/mol. The first kappa shape index (κ1) is 15.1. The summed E-state index contributed by atoms with van der Waals surface area (Å²) in [5.41, 5.74) is 0. The maximum Gasteiger partial charge on any atom is 0.363 e. The third kappa shape index (κ3) is 4.01. The smallest absolute Gasteiger partial charge is 0.358 e. The molecule has 0 amide bonds. The maximum atomic E-state index is 12.0. The summed E-state index contributed by atoms with van der Waals surface area (Å²) >= 11 is 0. The second kappa shape index (κ2) is 6.26. The second-order valence-corrected chi connectivity index (χ2v) is 5.46. The van der Waals surface area contributed by atoms with Crippen molar-refractivity contribution in [2.24, 2.45) is 0 Å². The number of rotatable bonds is 6. The van der Waals surface area contributed by atoms with Crippen LogP contribution in [0.5, 0.6) is 0 Å². The van der Waals surface area contributed by atoms with E-state index in [1.165, 1.54) is 0 Å². The molecule has 0 saturated carbocycles. The zero-order valence-corrected chi connectivity index (χ0v) is 11.1. The van der Waals surface area contributed by atoms with Crippen LogP contribution >= 0.6 is 0 Å². The molecule has 0 radical (unpaired) electrons. The molecule has 1 unspecified atom stereocenters. The summed E-state index contributed by atoms with van der Waals surface area (Å²) in [4.78, 5) is 13.1. The van der Waals surface area contributed by atoms with E-state index in [1.807, 2.05) is 0 Å². The van der Waals surface area contributed by atoms with Crippen molar-refractivity contribution in [3.8, 4) is 12.3 Å². The van der Waals surface area contributed by atoms with E-state index >= 15 is 0 Å². The van der Waals surface area contributed by atoms with E-state index in [1.54, 1.807) is 6.92 Å². The van der Waals surface area contributed by atoms with Gasteiger partial charge in [-0.25, -0.2) is 13.1 Å². The molecular weight excluding hydrogens is 270 g/mol. The number of nitro groups is 1. The molecule has 1 heterocycles. The van der Waals surface area contributed by atoms with Crippen LogP contribution in [0.15, 0.2) is 23.2 Å². The number of sulfonamides is 1. The Labute approximate surface area is 111 Å². The predicted molar refractivity (Wildman–Crippen MR) is 68.7 cm³/mol. The van der Waals surface area contributed by atoms with Gasteiger partial charge < -0.3 is 10.1 Å². The summed E-state index contributed by atoms with van der Waals surface area (Å²) < 4.78 is 26.4. The van der Waals surface area contributed by atoms with E-state index < -0.39 is 20.8 Å². The van der Waals surface area contributed by atoms with E-state index in [2.05, 4.69) is 15.6 Å². The molecule has 0 aromatic carbocycles. The maximum absolute atomic E-state index is 12.0. The summed E-state index contributed by atoms with van der Waals surface area (Å²) in [6, 6.07) is 1.80. The Kier molecular flexibility index (Phi) is 4.97. The highest BCUT2D eigenvalue weighted by molar-refractivity contribution is 7.89. The van der Waals surface area contributed by atoms with Crippen LogP contribution in [-0.4, -0.2) is 24.4 Å². The Bertz CT molecular complexity index is 589. The highest BCUT2D eigenvalue weighted by Crippen LogP contribution is 2.13. The lowest BCUT2D eigenvalue weighted by molar-refractivity contribution is -0.389. The van der Waals surface area contributed by atoms with Crippen LogP contribution in [0.2, 0.25) is 0 Å². The molecule has 1 aromatic rings. The first-order chi connectivity index (χ1) is 8.90. The minimum atomic E-state index is -3.77. The number of nitrogens with zero attached hydrogens (tertiary/aromatic N) is 2. The molecule has 1 aromatic heterocycles. The van der Waals surface area contributed by atoms with Gasteiger partial charge in [-0.3, -0.25) is 0 Å². The van der Waals surface area contributed by atoms with Gasteiger partial charge in [-0.2, -0.15) is 0 Å². The molecule has 1 rings (SSSR count). The summed E-state index contributed by atoms with van der Waals surface area (Å²) in [6.45, 7) is 1.80. The number of pyridine rings is 1. The second-order valence-electron chi connectivity index (χ2n) is 3.74.